The van der Waals surface area contributed by atoms with Crippen LogP contribution in [0.2, 0.25) is 10.0 Å². The summed E-state index contributed by atoms with van der Waals surface area (Å²) >= 11 is 11.6. The normalized spacial score (nSPS) is 16.3. The number of carbonyl (C=O) groups excluding carboxylic acids is 1. The van der Waals surface area contributed by atoms with Crippen molar-refractivity contribution in [1.82, 2.24) is 10.3 Å². The number of rotatable bonds is 4. The van der Waals surface area contributed by atoms with Gasteiger partial charge in [-0.15, -0.1) is 0 Å². The zero-order chi connectivity index (χ0) is 15.2. The summed E-state index contributed by atoms with van der Waals surface area (Å²) in [7, 11) is 0. The molecule has 21 heavy (non-hydrogen) atoms. The molecule has 1 aromatic rings. The number of phenols is 1. The number of carbonyl (C=O) groups is 1. The van der Waals surface area contributed by atoms with E-state index in [1.807, 2.05) is 4.90 Å². The number of amides is 1. The Bertz CT molecular complexity index is 522. The third-order valence-corrected chi connectivity index (χ3v) is 3.49. The number of benzene rings is 1. The molecule has 0 atom stereocenters. The molecule has 1 amide bonds. The van der Waals surface area contributed by atoms with Crippen LogP contribution in [0, 0.1) is 0 Å². The van der Waals surface area contributed by atoms with Gasteiger partial charge in [-0.25, -0.2) is 5.43 Å². The molecule has 0 aromatic heterocycles. The quantitative estimate of drug-likeness (QED) is 0.647. The molecular formula is C13H15Cl2N3O3. The molecule has 1 heterocycles. The van der Waals surface area contributed by atoms with Gasteiger partial charge in [-0.2, -0.15) is 5.10 Å². The topological polar surface area (TPSA) is 74.2 Å². The molecule has 0 bridgehead atoms. The fraction of sp³-hybridized carbons (Fsp3) is 0.385. The van der Waals surface area contributed by atoms with E-state index in [0.717, 1.165) is 13.1 Å². The van der Waals surface area contributed by atoms with Gasteiger partial charge in [0, 0.05) is 13.1 Å². The van der Waals surface area contributed by atoms with Crippen LogP contribution in [0.3, 0.4) is 0 Å². The molecule has 2 N–H and O–H groups in total. The minimum absolute atomic E-state index is 0.128. The number of hydrogen-bond acceptors (Lipinski definition) is 5. The summed E-state index contributed by atoms with van der Waals surface area (Å²) in [5, 5.41) is 13.5. The fourth-order valence-corrected chi connectivity index (χ4v) is 2.34. The number of aromatic hydroxyl groups is 1. The van der Waals surface area contributed by atoms with Crippen LogP contribution >= 0.6 is 23.2 Å². The summed E-state index contributed by atoms with van der Waals surface area (Å²) in [5.41, 5.74) is 3.01. The molecule has 0 saturated carbocycles. The molecule has 8 heteroatoms. The van der Waals surface area contributed by atoms with Crippen molar-refractivity contribution >= 4 is 35.3 Å². The number of nitrogens with one attached hydrogen (secondary N) is 1. The highest BCUT2D eigenvalue weighted by Crippen LogP contribution is 2.32. The van der Waals surface area contributed by atoms with E-state index >= 15 is 0 Å². The zero-order valence-corrected chi connectivity index (χ0v) is 12.7. The maximum Gasteiger partial charge on any atom is 0.254 e. The number of ether oxygens (including phenoxy) is 1. The summed E-state index contributed by atoms with van der Waals surface area (Å²) in [6.45, 7) is 3.03. The number of hydrazone groups is 1. The molecule has 1 saturated heterocycles. The van der Waals surface area contributed by atoms with E-state index in [-0.39, 0.29) is 28.2 Å². The largest absolute Gasteiger partial charge is 0.505 e. The third-order valence-electron chi connectivity index (χ3n) is 2.91. The molecule has 0 spiro atoms. The lowest BCUT2D eigenvalue weighted by molar-refractivity contribution is -0.123. The summed E-state index contributed by atoms with van der Waals surface area (Å²) in [6, 6.07) is 3.00. The molecule has 0 unspecified atom stereocenters. The van der Waals surface area contributed by atoms with Crippen LogP contribution in [0.25, 0.3) is 0 Å². The highest BCUT2D eigenvalue weighted by Gasteiger charge is 2.13. The van der Waals surface area contributed by atoms with Crippen LogP contribution in [0.1, 0.15) is 5.56 Å². The first-order valence-corrected chi connectivity index (χ1v) is 7.12. The Kier molecular flexibility index (Phi) is 5.81. The number of phenolic OH excluding ortho intramolecular Hbond substituents is 1. The average Bonchev–Trinajstić information content (AvgIpc) is 2.45. The van der Waals surface area contributed by atoms with Crippen molar-refractivity contribution in [3.63, 3.8) is 0 Å². The Morgan fingerprint density at radius 3 is 2.62 bits per heavy atom. The molecule has 0 radical (unpaired) electrons. The molecule has 114 valence electrons. The van der Waals surface area contributed by atoms with Gasteiger partial charge in [0.2, 0.25) is 0 Å². The number of hydrogen-bond donors (Lipinski definition) is 2. The highest BCUT2D eigenvalue weighted by atomic mass is 35.5. The van der Waals surface area contributed by atoms with Gasteiger partial charge in [0.25, 0.3) is 5.91 Å². The first-order chi connectivity index (χ1) is 10.1. The second-order valence-electron chi connectivity index (χ2n) is 4.51. The van der Waals surface area contributed by atoms with E-state index < -0.39 is 0 Å². The maximum absolute atomic E-state index is 11.7. The van der Waals surface area contributed by atoms with Crippen LogP contribution < -0.4 is 5.43 Å². The number of nitrogens with zero attached hydrogens (tertiary/aromatic N) is 2. The molecule has 1 aromatic carbocycles. The first kappa shape index (κ1) is 16.0. The Labute approximate surface area is 132 Å². The van der Waals surface area contributed by atoms with Crippen molar-refractivity contribution in [3.05, 3.63) is 27.7 Å². The summed E-state index contributed by atoms with van der Waals surface area (Å²) in [5.74, 6) is -0.379. The van der Waals surface area contributed by atoms with E-state index in [9.17, 15) is 9.90 Å². The Morgan fingerprint density at radius 1 is 1.38 bits per heavy atom. The monoisotopic (exact) mass is 331 g/mol. The van der Waals surface area contributed by atoms with Gasteiger partial charge in [0.15, 0.2) is 5.75 Å². The van der Waals surface area contributed by atoms with E-state index in [1.165, 1.54) is 18.3 Å². The van der Waals surface area contributed by atoms with Crippen molar-refractivity contribution in [2.24, 2.45) is 5.10 Å². The van der Waals surface area contributed by atoms with Gasteiger partial charge in [-0.05, 0) is 17.7 Å². The second kappa shape index (κ2) is 7.61. The van der Waals surface area contributed by atoms with Gasteiger partial charge >= 0.3 is 0 Å². The van der Waals surface area contributed by atoms with Gasteiger partial charge in [0.1, 0.15) is 0 Å². The van der Waals surface area contributed by atoms with Gasteiger partial charge in [-0.3, -0.25) is 9.69 Å². The standard InChI is InChI=1S/C13H15Cl2N3O3/c14-10-5-9(6-11(15)13(10)20)7-16-17-12(19)8-18-1-3-21-4-2-18/h5-7,20H,1-4,8H2,(H,17,19)/b16-7+. The maximum atomic E-state index is 11.7. The lowest BCUT2D eigenvalue weighted by atomic mass is 10.2. The lowest BCUT2D eigenvalue weighted by Gasteiger charge is -2.25. The minimum Gasteiger partial charge on any atom is -0.505 e. The SMILES string of the molecule is O=C(CN1CCOCC1)N/N=C/c1cc(Cl)c(O)c(Cl)c1. The second-order valence-corrected chi connectivity index (χ2v) is 5.33. The third kappa shape index (κ3) is 4.86. The summed E-state index contributed by atoms with van der Waals surface area (Å²) in [6.07, 6.45) is 1.41. The predicted octanol–water partition coefficient (Wildman–Crippen LogP) is 1.48. The molecule has 1 fully saturated rings. The molecule has 0 aliphatic carbocycles. The molecular weight excluding hydrogens is 317 g/mol. The van der Waals surface area contributed by atoms with Gasteiger partial charge < -0.3 is 9.84 Å². The van der Waals surface area contributed by atoms with Gasteiger partial charge in [0.05, 0.1) is 36.0 Å². The Hall–Kier alpha value is -1.34. The van der Waals surface area contributed by atoms with Crippen molar-refractivity contribution in [1.29, 1.82) is 0 Å². The molecule has 1 aliphatic rings. The van der Waals surface area contributed by atoms with Crippen molar-refractivity contribution in [2.45, 2.75) is 0 Å². The molecule has 2 rings (SSSR count). The van der Waals surface area contributed by atoms with E-state index in [4.69, 9.17) is 27.9 Å². The van der Waals surface area contributed by atoms with Crippen LogP contribution in [0.5, 0.6) is 5.75 Å². The van der Waals surface area contributed by atoms with E-state index in [0.29, 0.717) is 18.8 Å². The predicted molar refractivity (Wildman–Crippen MR) is 81.1 cm³/mol. The lowest BCUT2D eigenvalue weighted by Crippen LogP contribution is -2.42. The highest BCUT2D eigenvalue weighted by molar-refractivity contribution is 6.37. The molecule has 6 nitrogen and oxygen atoms in total. The van der Waals surface area contributed by atoms with Crippen LogP contribution in [-0.2, 0) is 9.53 Å². The fourth-order valence-electron chi connectivity index (χ4n) is 1.84. The first-order valence-electron chi connectivity index (χ1n) is 6.36. The van der Waals surface area contributed by atoms with E-state index in [2.05, 4.69) is 10.5 Å². The number of morpholine rings is 1. The zero-order valence-electron chi connectivity index (χ0n) is 11.2. The van der Waals surface area contributed by atoms with E-state index in [1.54, 1.807) is 0 Å². The Balaban J connectivity index is 1.85. The summed E-state index contributed by atoms with van der Waals surface area (Å²) in [4.78, 5) is 13.7. The minimum atomic E-state index is -0.205. The van der Waals surface area contributed by atoms with Crippen LogP contribution in [0.4, 0.5) is 0 Å². The average molecular weight is 332 g/mol. The van der Waals surface area contributed by atoms with Crippen LogP contribution in [-0.4, -0.2) is 55.0 Å². The Morgan fingerprint density at radius 2 is 2.00 bits per heavy atom. The number of halogens is 2. The molecule has 1 aliphatic heterocycles. The van der Waals surface area contributed by atoms with Crippen LogP contribution in [0.15, 0.2) is 17.2 Å². The van der Waals surface area contributed by atoms with Crippen molar-refractivity contribution in [2.75, 3.05) is 32.8 Å². The van der Waals surface area contributed by atoms with Crippen molar-refractivity contribution < 1.29 is 14.6 Å². The van der Waals surface area contributed by atoms with Gasteiger partial charge in [-0.1, -0.05) is 23.2 Å². The smallest absolute Gasteiger partial charge is 0.254 e. The van der Waals surface area contributed by atoms with Crippen molar-refractivity contribution in [3.8, 4) is 5.75 Å². The summed E-state index contributed by atoms with van der Waals surface area (Å²) < 4.78 is 5.20.